The summed E-state index contributed by atoms with van der Waals surface area (Å²) in [5.74, 6) is 0.314. The second-order valence-corrected chi connectivity index (χ2v) is 7.14. The first-order valence-corrected chi connectivity index (χ1v) is 9.00. The maximum atomic E-state index is 6.04. The highest BCUT2D eigenvalue weighted by molar-refractivity contribution is 6.30. The summed E-state index contributed by atoms with van der Waals surface area (Å²) in [4.78, 5) is 0. The monoisotopic (exact) mass is 369 g/mol. The van der Waals surface area contributed by atoms with Crippen LogP contribution in [0.15, 0.2) is 54.6 Å². The second-order valence-electron chi connectivity index (χ2n) is 6.32. The molecule has 5 heteroatoms. The molecule has 0 aliphatic carbocycles. The summed E-state index contributed by atoms with van der Waals surface area (Å²) in [5.41, 5.74) is 5.78. The molecule has 2 aromatic carbocycles. The average molecular weight is 370 g/mol. The van der Waals surface area contributed by atoms with Gasteiger partial charge in [0.2, 0.25) is 0 Å². The zero-order valence-electron chi connectivity index (χ0n) is 13.7. The first-order chi connectivity index (χ1) is 12.1. The normalized spacial score (nSPS) is 19.5. The molecule has 2 heterocycles. The van der Waals surface area contributed by atoms with Crippen molar-refractivity contribution in [2.24, 2.45) is 0 Å². The van der Waals surface area contributed by atoms with Crippen LogP contribution in [0.1, 0.15) is 35.6 Å². The number of fused-ring (bicyclic) bond motifs is 1. The topological polar surface area (TPSA) is 37.8 Å². The molecule has 2 atom stereocenters. The Morgan fingerprint density at radius 3 is 2.44 bits per heavy atom. The van der Waals surface area contributed by atoms with E-state index in [9.17, 15) is 0 Å². The van der Waals surface area contributed by atoms with Gasteiger partial charge >= 0.3 is 0 Å². The molecule has 2 unspecified atom stereocenters. The third-order valence-corrected chi connectivity index (χ3v) is 5.21. The van der Waals surface area contributed by atoms with Crippen LogP contribution in [0.5, 0.6) is 0 Å². The van der Waals surface area contributed by atoms with Crippen molar-refractivity contribution in [3.05, 3.63) is 81.5 Å². The minimum atomic E-state index is 0.291. The SMILES string of the molecule is CC1NCC(c2ccc(Cl)cc2)c2ccc(-c3ccc(Cl)nn3)cc21. The highest BCUT2D eigenvalue weighted by atomic mass is 35.5. The number of hydrogen-bond acceptors (Lipinski definition) is 3. The predicted molar refractivity (Wildman–Crippen MR) is 102 cm³/mol. The predicted octanol–water partition coefficient (Wildman–Crippen LogP) is 5.25. The Hall–Kier alpha value is -1.94. The van der Waals surface area contributed by atoms with Crippen molar-refractivity contribution < 1.29 is 0 Å². The molecular formula is C20H17Cl2N3. The van der Waals surface area contributed by atoms with Gasteiger partial charge in [-0.05, 0) is 53.9 Å². The van der Waals surface area contributed by atoms with E-state index in [1.165, 1.54) is 16.7 Å². The molecule has 126 valence electrons. The standard InChI is InChI=1S/C20H17Cl2N3/c1-12-17-10-14(19-8-9-20(22)25-24-19)4-7-16(17)18(11-23-12)13-2-5-15(21)6-3-13/h2-10,12,18,23H,11H2,1H3. The molecule has 4 rings (SSSR count). The highest BCUT2D eigenvalue weighted by Gasteiger charge is 2.26. The van der Waals surface area contributed by atoms with Gasteiger partial charge < -0.3 is 5.32 Å². The lowest BCUT2D eigenvalue weighted by Gasteiger charge is -2.31. The third kappa shape index (κ3) is 3.28. The van der Waals surface area contributed by atoms with Crippen molar-refractivity contribution in [3.8, 4) is 11.3 Å². The van der Waals surface area contributed by atoms with Crippen molar-refractivity contribution >= 4 is 23.2 Å². The molecule has 0 saturated heterocycles. The summed E-state index contributed by atoms with van der Waals surface area (Å²) in [6.45, 7) is 3.10. The number of benzene rings is 2. The molecule has 3 aromatic rings. The molecule has 1 aromatic heterocycles. The number of halogens is 2. The third-order valence-electron chi connectivity index (χ3n) is 4.76. The van der Waals surface area contributed by atoms with E-state index >= 15 is 0 Å². The summed E-state index contributed by atoms with van der Waals surface area (Å²) in [7, 11) is 0. The van der Waals surface area contributed by atoms with Gasteiger partial charge in [-0.1, -0.05) is 47.5 Å². The molecule has 0 radical (unpaired) electrons. The van der Waals surface area contributed by atoms with Gasteiger partial charge in [0.05, 0.1) is 5.69 Å². The number of rotatable bonds is 2. The lowest BCUT2D eigenvalue weighted by molar-refractivity contribution is 0.508. The number of hydrogen-bond donors (Lipinski definition) is 1. The van der Waals surface area contributed by atoms with Crippen LogP contribution in [0.4, 0.5) is 0 Å². The Kier molecular flexibility index (Phi) is 4.46. The van der Waals surface area contributed by atoms with Crippen molar-refractivity contribution in [1.29, 1.82) is 0 Å². The van der Waals surface area contributed by atoms with Gasteiger partial charge in [0, 0.05) is 29.1 Å². The smallest absolute Gasteiger partial charge is 0.151 e. The maximum Gasteiger partial charge on any atom is 0.151 e. The van der Waals surface area contributed by atoms with Crippen LogP contribution in [0.25, 0.3) is 11.3 Å². The summed E-state index contributed by atoms with van der Waals surface area (Å²) >= 11 is 11.9. The summed E-state index contributed by atoms with van der Waals surface area (Å²) in [6, 6.07) is 18.6. The zero-order chi connectivity index (χ0) is 17.4. The largest absolute Gasteiger partial charge is 0.309 e. The van der Waals surface area contributed by atoms with Crippen LogP contribution in [-0.2, 0) is 0 Å². The summed E-state index contributed by atoms with van der Waals surface area (Å²) < 4.78 is 0. The van der Waals surface area contributed by atoms with Gasteiger partial charge in [0.1, 0.15) is 0 Å². The molecule has 1 N–H and O–H groups in total. The molecule has 0 bridgehead atoms. The van der Waals surface area contributed by atoms with E-state index in [0.29, 0.717) is 17.1 Å². The molecule has 3 nitrogen and oxygen atoms in total. The van der Waals surface area contributed by atoms with Crippen LogP contribution >= 0.6 is 23.2 Å². The van der Waals surface area contributed by atoms with Crippen LogP contribution in [0.3, 0.4) is 0 Å². The molecule has 0 saturated carbocycles. The molecule has 0 fully saturated rings. The van der Waals surface area contributed by atoms with Gasteiger partial charge in [0.25, 0.3) is 0 Å². The zero-order valence-corrected chi connectivity index (χ0v) is 15.2. The molecule has 0 spiro atoms. The van der Waals surface area contributed by atoms with E-state index in [2.05, 4.69) is 52.8 Å². The molecule has 1 aliphatic rings. The quantitative estimate of drug-likeness (QED) is 0.670. The minimum absolute atomic E-state index is 0.291. The molecule has 0 amide bonds. The van der Waals surface area contributed by atoms with E-state index in [1.807, 2.05) is 18.2 Å². The van der Waals surface area contributed by atoms with Gasteiger partial charge in [-0.2, -0.15) is 0 Å². The average Bonchev–Trinajstić information content (AvgIpc) is 2.64. The van der Waals surface area contributed by atoms with Crippen molar-refractivity contribution in [2.75, 3.05) is 6.54 Å². The Bertz CT molecular complexity index is 892. The van der Waals surface area contributed by atoms with Crippen LogP contribution in [0.2, 0.25) is 10.2 Å². The van der Waals surface area contributed by atoms with E-state index in [1.54, 1.807) is 6.07 Å². The first-order valence-electron chi connectivity index (χ1n) is 8.24. The second kappa shape index (κ2) is 6.75. The maximum absolute atomic E-state index is 6.04. The highest BCUT2D eigenvalue weighted by Crippen LogP contribution is 2.36. The number of nitrogens with zero attached hydrogens (tertiary/aromatic N) is 2. The molecular weight excluding hydrogens is 353 g/mol. The Morgan fingerprint density at radius 2 is 1.72 bits per heavy atom. The fourth-order valence-electron chi connectivity index (χ4n) is 3.40. The lowest BCUT2D eigenvalue weighted by atomic mass is 9.82. The van der Waals surface area contributed by atoms with E-state index in [4.69, 9.17) is 23.2 Å². The van der Waals surface area contributed by atoms with E-state index in [0.717, 1.165) is 22.8 Å². The lowest BCUT2D eigenvalue weighted by Crippen LogP contribution is -2.32. The summed E-state index contributed by atoms with van der Waals surface area (Å²) in [5, 5.41) is 12.9. The van der Waals surface area contributed by atoms with Crippen LogP contribution < -0.4 is 5.32 Å². The fourth-order valence-corrected chi connectivity index (χ4v) is 3.63. The van der Waals surface area contributed by atoms with Gasteiger partial charge in [0.15, 0.2) is 5.15 Å². The van der Waals surface area contributed by atoms with Crippen molar-refractivity contribution in [3.63, 3.8) is 0 Å². The Balaban J connectivity index is 1.75. The van der Waals surface area contributed by atoms with Crippen molar-refractivity contribution in [1.82, 2.24) is 15.5 Å². The van der Waals surface area contributed by atoms with Gasteiger partial charge in [-0.15, -0.1) is 10.2 Å². The van der Waals surface area contributed by atoms with Crippen LogP contribution in [0, 0.1) is 0 Å². The molecule has 1 aliphatic heterocycles. The van der Waals surface area contributed by atoms with Crippen LogP contribution in [-0.4, -0.2) is 16.7 Å². The minimum Gasteiger partial charge on any atom is -0.309 e. The van der Waals surface area contributed by atoms with Gasteiger partial charge in [-0.3, -0.25) is 0 Å². The number of nitrogens with one attached hydrogen (secondary N) is 1. The fraction of sp³-hybridized carbons (Fsp3) is 0.200. The summed E-state index contributed by atoms with van der Waals surface area (Å²) in [6.07, 6.45) is 0. The molecule has 25 heavy (non-hydrogen) atoms. The Morgan fingerprint density at radius 1 is 0.920 bits per heavy atom. The van der Waals surface area contributed by atoms with Crippen molar-refractivity contribution in [2.45, 2.75) is 18.9 Å². The van der Waals surface area contributed by atoms with Gasteiger partial charge in [-0.25, -0.2) is 0 Å². The number of aromatic nitrogens is 2. The Labute approximate surface area is 157 Å². The first kappa shape index (κ1) is 16.5. The van der Waals surface area contributed by atoms with E-state index in [-0.39, 0.29) is 0 Å². The van der Waals surface area contributed by atoms with E-state index < -0.39 is 0 Å².